The van der Waals surface area contributed by atoms with Crippen molar-refractivity contribution in [2.75, 3.05) is 0 Å². The average Bonchev–Trinajstić information content (AvgIpc) is 3.80. The predicted molar refractivity (Wildman–Crippen MR) is 217 cm³/mol. The van der Waals surface area contributed by atoms with E-state index in [0.717, 1.165) is 62.0 Å². The van der Waals surface area contributed by atoms with E-state index in [1.807, 2.05) is 47.7 Å². The summed E-state index contributed by atoms with van der Waals surface area (Å²) < 4.78 is 4.73. The second kappa shape index (κ2) is 12.6. The van der Waals surface area contributed by atoms with E-state index in [4.69, 9.17) is 15.0 Å². The van der Waals surface area contributed by atoms with Crippen molar-refractivity contribution < 1.29 is 0 Å². The van der Waals surface area contributed by atoms with Gasteiger partial charge in [-0.3, -0.25) is 4.57 Å². The normalized spacial score (nSPS) is 11.5. The smallest absolute Gasteiger partial charge is 0.160 e. The summed E-state index contributed by atoms with van der Waals surface area (Å²) >= 11 is 1.83. The van der Waals surface area contributed by atoms with E-state index >= 15 is 0 Å². The van der Waals surface area contributed by atoms with E-state index < -0.39 is 0 Å². The van der Waals surface area contributed by atoms with Crippen LogP contribution in [0.2, 0.25) is 0 Å². The first-order chi connectivity index (χ1) is 25.8. The second-order valence-corrected chi connectivity index (χ2v) is 13.9. The summed E-state index contributed by atoms with van der Waals surface area (Å²) in [5.41, 5.74) is 11.6. The van der Waals surface area contributed by atoms with E-state index in [1.54, 1.807) is 0 Å². The number of benzene rings is 7. The molecule has 52 heavy (non-hydrogen) atoms. The Balaban J connectivity index is 1.05. The highest BCUT2D eigenvalue weighted by atomic mass is 32.1. The SMILES string of the molecule is c1ccc(-c2cc(-c3cccc4sc5cc(-c6ccc(-c7nc8ccccc8n7-c7ccccc7)cc6)ccc5c34)nc(-c3ccccc3)n2)cc1. The fraction of sp³-hybridized carbons (Fsp3) is 0. The van der Waals surface area contributed by atoms with Crippen LogP contribution in [0.25, 0.3) is 93.3 Å². The first-order valence-corrected chi connectivity index (χ1v) is 18.2. The third kappa shape index (κ3) is 5.27. The van der Waals surface area contributed by atoms with Crippen molar-refractivity contribution in [1.29, 1.82) is 0 Å². The van der Waals surface area contributed by atoms with Crippen LogP contribution < -0.4 is 0 Å². The van der Waals surface area contributed by atoms with Gasteiger partial charge in [0.2, 0.25) is 0 Å². The van der Waals surface area contributed by atoms with Crippen LogP contribution >= 0.6 is 11.3 Å². The Morgan fingerprint density at radius 2 is 1.08 bits per heavy atom. The van der Waals surface area contributed by atoms with Crippen LogP contribution in [0.3, 0.4) is 0 Å². The lowest BCUT2D eigenvalue weighted by molar-refractivity contribution is 1.10. The molecule has 0 spiro atoms. The maximum Gasteiger partial charge on any atom is 0.160 e. The summed E-state index contributed by atoms with van der Waals surface area (Å²) in [6.45, 7) is 0. The van der Waals surface area contributed by atoms with Crippen LogP contribution in [0.1, 0.15) is 0 Å². The van der Waals surface area contributed by atoms with E-state index in [1.165, 1.54) is 31.3 Å². The molecular weight excluding hydrogens is 653 g/mol. The molecule has 0 unspecified atom stereocenters. The molecular formula is C47H30N4S. The highest BCUT2D eigenvalue weighted by molar-refractivity contribution is 7.26. The number of fused-ring (bicyclic) bond motifs is 4. The molecule has 0 bridgehead atoms. The summed E-state index contributed by atoms with van der Waals surface area (Å²) in [7, 11) is 0. The number of nitrogens with zero attached hydrogens (tertiary/aromatic N) is 4. The zero-order valence-corrected chi connectivity index (χ0v) is 28.8. The van der Waals surface area contributed by atoms with Crippen LogP contribution in [0, 0.1) is 0 Å². The van der Waals surface area contributed by atoms with Gasteiger partial charge in [-0.15, -0.1) is 11.3 Å². The van der Waals surface area contributed by atoms with Crippen molar-refractivity contribution in [3.05, 3.63) is 182 Å². The largest absolute Gasteiger partial charge is 0.292 e. The Hall–Kier alpha value is -6.69. The first kappa shape index (κ1) is 30.2. The minimum absolute atomic E-state index is 0.721. The predicted octanol–water partition coefficient (Wildman–Crippen LogP) is 12.5. The first-order valence-electron chi connectivity index (χ1n) is 17.4. The highest BCUT2D eigenvalue weighted by Crippen LogP contribution is 2.42. The van der Waals surface area contributed by atoms with Crippen molar-refractivity contribution in [2.45, 2.75) is 0 Å². The van der Waals surface area contributed by atoms with E-state index in [0.29, 0.717) is 0 Å². The van der Waals surface area contributed by atoms with Gasteiger partial charge in [0, 0.05) is 48.1 Å². The van der Waals surface area contributed by atoms with E-state index in [-0.39, 0.29) is 0 Å². The van der Waals surface area contributed by atoms with Gasteiger partial charge in [0.25, 0.3) is 0 Å². The molecule has 0 radical (unpaired) electrons. The molecule has 10 aromatic rings. The third-order valence-corrected chi connectivity index (χ3v) is 10.8. The Labute approximate surface area is 305 Å². The molecule has 5 heteroatoms. The van der Waals surface area contributed by atoms with Crippen LogP contribution in [0.15, 0.2) is 182 Å². The summed E-state index contributed by atoms with van der Waals surface area (Å²) in [5.74, 6) is 1.65. The lowest BCUT2D eigenvalue weighted by atomic mass is 9.99. The molecule has 0 saturated heterocycles. The van der Waals surface area contributed by atoms with Gasteiger partial charge in [-0.1, -0.05) is 140 Å². The van der Waals surface area contributed by atoms with Gasteiger partial charge in [-0.05, 0) is 53.6 Å². The molecule has 4 nitrogen and oxygen atoms in total. The zero-order chi connectivity index (χ0) is 34.4. The molecule has 0 amide bonds. The topological polar surface area (TPSA) is 43.6 Å². The number of rotatable bonds is 6. The van der Waals surface area contributed by atoms with Gasteiger partial charge < -0.3 is 0 Å². The van der Waals surface area contributed by atoms with Gasteiger partial charge >= 0.3 is 0 Å². The van der Waals surface area contributed by atoms with Crippen LogP contribution in [-0.2, 0) is 0 Å². The summed E-state index contributed by atoms with van der Waals surface area (Å²) in [6.07, 6.45) is 0. The van der Waals surface area contributed by atoms with Crippen molar-refractivity contribution in [2.24, 2.45) is 0 Å². The maximum absolute atomic E-state index is 5.16. The maximum atomic E-state index is 5.16. The zero-order valence-electron chi connectivity index (χ0n) is 28.0. The standard InChI is InChI=1S/C47H30N4S/c1-4-13-32(14-5-1)40-30-41(49-46(48-40)33-15-6-2-7-16-33)37-19-12-22-43-45(37)38-28-27-35(29-44(38)52-43)31-23-25-34(26-24-31)47-50-39-20-10-11-21-42(39)51(47)36-17-8-3-9-18-36/h1-30H. The van der Waals surface area contributed by atoms with E-state index in [9.17, 15) is 0 Å². The molecule has 244 valence electrons. The second-order valence-electron chi connectivity index (χ2n) is 12.9. The minimum atomic E-state index is 0.721. The molecule has 0 atom stereocenters. The van der Waals surface area contributed by atoms with Gasteiger partial charge in [-0.25, -0.2) is 15.0 Å². The number of hydrogen-bond donors (Lipinski definition) is 0. The van der Waals surface area contributed by atoms with Gasteiger partial charge in [0.1, 0.15) is 5.82 Å². The molecule has 0 N–H and O–H groups in total. The molecule has 3 aromatic heterocycles. The van der Waals surface area contributed by atoms with Crippen molar-refractivity contribution in [1.82, 2.24) is 19.5 Å². The van der Waals surface area contributed by atoms with Gasteiger partial charge in [0.15, 0.2) is 5.82 Å². The van der Waals surface area contributed by atoms with Gasteiger partial charge in [0.05, 0.1) is 22.4 Å². The third-order valence-electron chi connectivity index (χ3n) is 9.65. The summed E-state index contributed by atoms with van der Waals surface area (Å²) in [5, 5.41) is 2.45. The van der Waals surface area contributed by atoms with Crippen molar-refractivity contribution in [3.63, 3.8) is 0 Å². The number of thiophene rings is 1. The van der Waals surface area contributed by atoms with Crippen LogP contribution in [0.4, 0.5) is 0 Å². The fourth-order valence-electron chi connectivity index (χ4n) is 7.15. The summed E-state index contributed by atoms with van der Waals surface area (Å²) in [4.78, 5) is 15.2. The highest BCUT2D eigenvalue weighted by Gasteiger charge is 2.17. The summed E-state index contributed by atoms with van der Waals surface area (Å²) in [6, 6.07) is 63.7. The number of para-hydroxylation sites is 3. The average molecular weight is 683 g/mol. The van der Waals surface area contributed by atoms with Crippen LogP contribution in [0.5, 0.6) is 0 Å². The molecule has 0 aliphatic carbocycles. The number of imidazole rings is 1. The Morgan fingerprint density at radius 3 is 1.87 bits per heavy atom. The quantitative estimate of drug-likeness (QED) is 0.175. The monoisotopic (exact) mass is 682 g/mol. The lowest BCUT2D eigenvalue weighted by Crippen LogP contribution is -1.97. The molecule has 3 heterocycles. The molecule has 0 fully saturated rings. The number of aromatic nitrogens is 4. The van der Waals surface area contributed by atoms with Gasteiger partial charge in [-0.2, -0.15) is 0 Å². The molecule has 0 saturated carbocycles. The molecule has 0 aliphatic rings. The minimum Gasteiger partial charge on any atom is -0.292 e. The number of hydrogen-bond acceptors (Lipinski definition) is 4. The fourth-order valence-corrected chi connectivity index (χ4v) is 8.32. The lowest BCUT2D eigenvalue weighted by Gasteiger charge is -2.11. The molecule has 0 aliphatic heterocycles. The Kier molecular flexibility index (Phi) is 7.29. The Morgan fingerprint density at radius 1 is 0.423 bits per heavy atom. The molecule has 7 aromatic carbocycles. The van der Waals surface area contributed by atoms with Crippen molar-refractivity contribution >= 4 is 42.5 Å². The molecule has 10 rings (SSSR count). The van der Waals surface area contributed by atoms with E-state index in [2.05, 4.69) is 150 Å². The van der Waals surface area contributed by atoms with Crippen molar-refractivity contribution in [3.8, 4) is 62.1 Å². The Bertz CT molecular complexity index is 2820. The van der Waals surface area contributed by atoms with Crippen LogP contribution in [-0.4, -0.2) is 19.5 Å².